The van der Waals surface area contributed by atoms with E-state index in [0.29, 0.717) is 26.1 Å². The van der Waals surface area contributed by atoms with Crippen molar-refractivity contribution in [3.8, 4) is 0 Å². The Kier molecular flexibility index (Phi) is 6.42. The molecule has 0 aromatic rings. The van der Waals surface area contributed by atoms with E-state index in [1.807, 2.05) is 6.92 Å². The smallest absolute Gasteiger partial charge is 0.233 e. The van der Waals surface area contributed by atoms with E-state index in [1.165, 1.54) is 0 Å². The number of hydrogen-bond donors (Lipinski definition) is 3. The Morgan fingerprint density at radius 1 is 1.33 bits per heavy atom. The molecule has 122 valence electrons. The predicted octanol–water partition coefficient (Wildman–Crippen LogP) is 0.0642. The van der Waals surface area contributed by atoms with Gasteiger partial charge in [-0.15, -0.1) is 0 Å². The number of piperazine rings is 1. The van der Waals surface area contributed by atoms with Crippen LogP contribution in [-0.4, -0.2) is 70.2 Å². The SMILES string of the molecule is CCCC(C(=O)N1CCN(CC(C)(C)O)CC1)C(N)=NO. The summed E-state index contributed by atoms with van der Waals surface area (Å²) in [6, 6.07) is 0. The monoisotopic (exact) mass is 300 g/mol. The maximum atomic E-state index is 12.5. The molecule has 7 nitrogen and oxygen atoms in total. The highest BCUT2D eigenvalue weighted by Crippen LogP contribution is 2.14. The van der Waals surface area contributed by atoms with E-state index < -0.39 is 11.5 Å². The molecule has 1 unspecified atom stereocenters. The fourth-order valence-corrected chi connectivity index (χ4v) is 2.65. The summed E-state index contributed by atoms with van der Waals surface area (Å²) in [4.78, 5) is 16.4. The zero-order valence-corrected chi connectivity index (χ0v) is 13.2. The lowest BCUT2D eigenvalue weighted by Crippen LogP contribution is -2.54. The first-order valence-corrected chi connectivity index (χ1v) is 7.49. The van der Waals surface area contributed by atoms with Gasteiger partial charge in [0.25, 0.3) is 0 Å². The van der Waals surface area contributed by atoms with Gasteiger partial charge in [-0.05, 0) is 20.3 Å². The van der Waals surface area contributed by atoms with Gasteiger partial charge < -0.3 is 20.9 Å². The first kappa shape index (κ1) is 17.7. The molecule has 0 aromatic carbocycles. The average molecular weight is 300 g/mol. The molecule has 0 bridgehead atoms. The van der Waals surface area contributed by atoms with Gasteiger partial charge in [-0.25, -0.2) is 0 Å². The molecular formula is C14H28N4O3. The molecule has 1 heterocycles. The van der Waals surface area contributed by atoms with Crippen molar-refractivity contribution >= 4 is 11.7 Å². The second-order valence-electron chi connectivity index (χ2n) is 6.28. The van der Waals surface area contributed by atoms with Crippen LogP contribution < -0.4 is 5.73 Å². The third kappa shape index (κ3) is 5.51. The number of β-amino-alcohol motifs (C(OH)–C–C–N with tert-alkyl or cyclic N) is 1. The molecule has 0 saturated carbocycles. The van der Waals surface area contributed by atoms with E-state index in [2.05, 4.69) is 10.1 Å². The topological polar surface area (TPSA) is 102 Å². The number of rotatable bonds is 6. The fraction of sp³-hybridized carbons (Fsp3) is 0.857. The Labute approximate surface area is 126 Å². The van der Waals surface area contributed by atoms with E-state index in [9.17, 15) is 9.90 Å². The van der Waals surface area contributed by atoms with Crippen molar-refractivity contribution in [2.45, 2.75) is 39.2 Å². The predicted molar refractivity (Wildman–Crippen MR) is 81.1 cm³/mol. The lowest BCUT2D eigenvalue weighted by Gasteiger charge is -2.38. The van der Waals surface area contributed by atoms with Gasteiger partial charge in [-0.2, -0.15) is 0 Å². The summed E-state index contributed by atoms with van der Waals surface area (Å²) in [6.45, 7) is 8.78. The zero-order valence-electron chi connectivity index (χ0n) is 13.2. The lowest BCUT2D eigenvalue weighted by atomic mass is 10.00. The van der Waals surface area contributed by atoms with E-state index in [1.54, 1.807) is 18.7 Å². The van der Waals surface area contributed by atoms with Crippen LogP contribution in [0.4, 0.5) is 0 Å². The average Bonchev–Trinajstić information content (AvgIpc) is 2.42. The standard InChI is InChI=1S/C14H28N4O3/c1-4-5-11(12(15)16-21)13(19)18-8-6-17(7-9-18)10-14(2,3)20/h11,20-21H,4-10H2,1-3H3,(H2,15,16). The van der Waals surface area contributed by atoms with E-state index in [-0.39, 0.29) is 11.7 Å². The molecule has 1 aliphatic rings. The molecule has 0 radical (unpaired) electrons. The summed E-state index contributed by atoms with van der Waals surface area (Å²) < 4.78 is 0. The molecule has 1 rings (SSSR count). The molecule has 1 amide bonds. The molecule has 7 heteroatoms. The molecule has 1 atom stereocenters. The minimum atomic E-state index is -0.731. The second kappa shape index (κ2) is 7.61. The van der Waals surface area contributed by atoms with Gasteiger partial charge in [-0.1, -0.05) is 18.5 Å². The van der Waals surface area contributed by atoms with Gasteiger partial charge in [0.1, 0.15) is 0 Å². The van der Waals surface area contributed by atoms with Gasteiger partial charge in [0.05, 0.1) is 11.5 Å². The first-order chi connectivity index (χ1) is 9.78. The Balaban J connectivity index is 2.58. The van der Waals surface area contributed by atoms with Crippen molar-refractivity contribution in [2.75, 3.05) is 32.7 Å². The minimum Gasteiger partial charge on any atom is -0.409 e. The second-order valence-corrected chi connectivity index (χ2v) is 6.28. The van der Waals surface area contributed by atoms with Gasteiger partial charge >= 0.3 is 0 Å². The molecule has 1 aliphatic heterocycles. The number of amidine groups is 1. The lowest BCUT2D eigenvalue weighted by molar-refractivity contribution is -0.135. The maximum absolute atomic E-state index is 12.5. The quantitative estimate of drug-likeness (QED) is 0.279. The van der Waals surface area contributed by atoms with Crippen molar-refractivity contribution in [1.82, 2.24) is 9.80 Å². The number of hydrogen-bond acceptors (Lipinski definition) is 5. The summed E-state index contributed by atoms with van der Waals surface area (Å²) in [5.74, 6) is -0.628. The molecule has 0 aliphatic carbocycles. The molecule has 1 saturated heterocycles. The number of amides is 1. The Bertz CT molecular complexity index is 371. The van der Waals surface area contributed by atoms with Crippen LogP contribution in [0.15, 0.2) is 5.16 Å². The van der Waals surface area contributed by atoms with Crippen LogP contribution >= 0.6 is 0 Å². The highest BCUT2D eigenvalue weighted by molar-refractivity contribution is 6.02. The highest BCUT2D eigenvalue weighted by Gasteiger charge is 2.30. The van der Waals surface area contributed by atoms with E-state index in [4.69, 9.17) is 10.9 Å². The molecule has 0 aromatic heterocycles. The maximum Gasteiger partial charge on any atom is 0.233 e. The largest absolute Gasteiger partial charge is 0.409 e. The molecular weight excluding hydrogens is 272 g/mol. The summed E-state index contributed by atoms with van der Waals surface area (Å²) in [5, 5.41) is 21.6. The Morgan fingerprint density at radius 3 is 2.33 bits per heavy atom. The summed E-state index contributed by atoms with van der Waals surface area (Å²) in [7, 11) is 0. The number of oxime groups is 1. The van der Waals surface area contributed by atoms with E-state index >= 15 is 0 Å². The number of aliphatic hydroxyl groups is 1. The van der Waals surface area contributed by atoms with Crippen LogP contribution in [0.5, 0.6) is 0 Å². The third-order valence-corrected chi connectivity index (χ3v) is 3.64. The van der Waals surface area contributed by atoms with Crippen molar-refractivity contribution in [3.05, 3.63) is 0 Å². The van der Waals surface area contributed by atoms with Crippen LogP contribution in [-0.2, 0) is 4.79 Å². The third-order valence-electron chi connectivity index (χ3n) is 3.64. The Morgan fingerprint density at radius 2 is 1.90 bits per heavy atom. The van der Waals surface area contributed by atoms with Crippen molar-refractivity contribution < 1.29 is 15.1 Å². The summed E-state index contributed by atoms with van der Waals surface area (Å²) in [5.41, 5.74) is 4.90. The first-order valence-electron chi connectivity index (χ1n) is 7.49. The molecule has 4 N–H and O–H groups in total. The minimum absolute atomic E-state index is 0.0132. The van der Waals surface area contributed by atoms with Gasteiger partial charge in [-0.3, -0.25) is 9.69 Å². The number of nitrogens with two attached hydrogens (primary N) is 1. The van der Waals surface area contributed by atoms with Crippen LogP contribution in [0.25, 0.3) is 0 Å². The zero-order chi connectivity index (χ0) is 16.0. The van der Waals surface area contributed by atoms with Crippen molar-refractivity contribution in [2.24, 2.45) is 16.8 Å². The molecule has 1 fully saturated rings. The van der Waals surface area contributed by atoms with Crippen molar-refractivity contribution in [3.63, 3.8) is 0 Å². The number of carbonyl (C=O) groups is 1. The molecule has 21 heavy (non-hydrogen) atoms. The van der Waals surface area contributed by atoms with Crippen LogP contribution in [0.2, 0.25) is 0 Å². The highest BCUT2D eigenvalue weighted by atomic mass is 16.4. The van der Waals surface area contributed by atoms with Crippen molar-refractivity contribution in [1.29, 1.82) is 0 Å². The van der Waals surface area contributed by atoms with Crippen LogP contribution in [0, 0.1) is 5.92 Å². The summed E-state index contributed by atoms with van der Waals surface area (Å²) >= 11 is 0. The van der Waals surface area contributed by atoms with Gasteiger partial charge in [0.2, 0.25) is 5.91 Å². The fourth-order valence-electron chi connectivity index (χ4n) is 2.65. The molecule has 0 spiro atoms. The van der Waals surface area contributed by atoms with Crippen LogP contribution in [0.1, 0.15) is 33.6 Å². The normalized spacial score (nSPS) is 19.6. The van der Waals surface area contributed by atoms with Gasteiger partial charge in [0, 0.05) is 32.7 Å². The number of nitrogens with zero attached hydrogens (tertiary/aromatic N) is 3. The number of carbonyl (C=O) groups excluding carboxylic acids is 1. The van der Waals surface area contributed by atoms with Crippen LogP contribution in [0.3, 0.4) is 0 Å². The summed E-state index contributed by atoms with van der Waals surface area (Å²) in [6.07, 6.45) is 1.38. The van der Waals surface area contributed by atoms with Gasteiger partial charge in [0.15, 0.2) is 5.84 Å². The Hall–Kier alpha value is -1.34. The van der Waals surface area contributed by atoms with E-state index in [0.717, 1.165) is 19.5 Å².